The van der Waals surface area contributed by atoms with Crippen molar-refractivity contribution < 1.29 is 14.0 Å². The van der Waals surface area contributed by atoms with E-state index in [1.807, 2.05) is 30.3 Å². The predicted molar refractivity (Wildman–Crippen MR) is 108 cm³/mol. The van der Waals surface area contributed by atoms with Gasteiger partial charge in [-0.2, -0.15) is 0 Å². The monoisotopic (exact) mass is 376 g/mol. The SMILES string of the molecule is NC(=O)CCN(Cc1ccccc1)C(=O)Cc1coc2cc3c(cc12)CCC3. The highest BCUT2D eigenvalue weighted by Gasteiger charge is 2.20. The van der Waals surface area contributed by atoms with Gasteiger partial charge in [0.1, 0.15) is 5.58 Å². The average molecular weight is 376 g/mol. The van der Waals surface area contributed by atoms with Crippen molar-refractivity contribution in [2.45, 2.75) is 38.6 Å². The first-order chi connectivity index (χ1) is 13.6. The van der Waals surface area contributed by atoms with Gasteiger partial charge in [-0.05, 0) is 48.1 Å². The molecule has 3 aromatic rings. The van der Waals surface area contributed by atoms with Crippen LogP contribution in [-0.4, -0.2) is 23.3 Å². The Morgan fingerprint density at radius 3 is 2.57 bits per heavy atom. The Kier molecular flexibility index (Phi) is 5.15. The molecule has 0 saturated heterocycles. The maximum absolute atomic E-state index is 13.0. The van der Waals surface area contributed by atoms with Crippen LogP contribution < -0.4 is 5.73 Å². The van der Waals surface area contributed by atoms with Crippen LogP contribution in [0, 0.1) is 0 Å². The molecule has 2 amide bonds. The van der Waals surface area contributed by atoms with Crippen molar-refractivity contribution >= 4 is 22.8 Å². The van der Waals surface area contributed by atoms with Crippen LogP contribution in [0.25, 0.3) is 11.0 Å². The minimum Gasteiger partial charge on any atom is -0.464 e. The molecule has 0 saturated carbocycles. The molecule has 1 aromatic heterocycles. The molecular formula is C23H24N2O3. The largest absolute Gasteiger partial charge is 0.464 e. The van der Waals surface area contributed by atoms with Crippen molar-refractivity contribution in [3.8, 4) is 0 Å². The summed E-state index contributed by atoms with van der Waals surface area (Å²) in [4.78, 5) is 26.0. The summed E-state index contributed by atoms with van der Waals surface area (Å²) >= 11 is 0. The molecule has 0 spiro atoms. The molecule has 1 aliphatic carbocycles. The molecule has 0 unspecified atom stereocenters. The Bertz CT molecular complexity index is 1010. The van der Waals surface area contributed by atoms with Crippen LogP contribution in [0.4, 0.5) is 0 Å². The summed E-state index contributed by atoms with van der Waals surface area (Å²) in [5, 5.41) is 1.02. The number of furan rings is 1. The zero-order chi connectivity index (χ0) is 19.5. The molecule has 2 aromatic carbocycles. The molecule has 0 radical (unpaired) electrons. The van der Waals surface area contributed by atoms with Gasteiger partial charge in [0, 0.05) is 30.5 Å². The summed E-state index contributed by atoms with van der Waals surface area (Å²) in [7, 11) is 0. The van der Waals surface area contributed by atoms with E-state index in [0.29, 0.717) is 13.1 Å². The number of benzene rings is 2. The van der Waals surface area contributed by atoms with Gasteiger partial charge >= 0.3 is 0 Å². The summed E-state index contributed by atoms with van der Waals surface area (Å²) in [6.07, 6.45) is 5.44. The molecular weight excluding hydrogens is 352 g/mol. The number of primary amides is 1. The van der Waals surface area contributed by atoms with Crippen molar-refractivity contribution in [3.05, 3.63) is 71.0 Å². The second-order valence-corrected chi connectivity index (χ2v) is 7.43. The summed E-state index contributed by atoms with van der Waals surface area (Å²) in [6, 6.07) is 14.1. The molecule has 0 bridgehead atoms. The molecule has 0 aliphatic heterocycles. The van der Waals surface area contributed by atoms with Gasteiger partial charge in [0.2, 0.25) is 11.8 Å². The van der Waals surface area contributed by atoms with Crippen molar-refractivity contribution in [1.29, 1.82) is 0 Å². The highest BCUT2D eigenvalue weighted by molar-refractivity contribution is 5.89. The number of hydrogen-bond acceptors (Lipinski definition) is 3. The summed E-state index contributed by atoms with van der Waals surface area (Å²) in [6.45, 7) is 0.770. The normalized spacial score (nSPS) is 12.9. The van der Waals surface area contributed by atoms with Gasteiger partial charge in [0.15, 0.2) is 0 Å². The number of nitrogens with zero attached hydrogens (tertiary/aromatic N) is 1. The maximum Gasteiger partial charge on any atom is 0.227 e. The van der Waals surface area contributed by atoms with E-state index in [4.69, 9.17) is 10.2 Å². The standard InChI is InChI=1S/C23H24N2O3/c24-22(26)9-10-25(14-16-5-2-1-3-6-16)23(27)13-19-15-28-21-12-18-8-4-7-17(18)11-20(19)21/h1-3,5-6,11-12,15H,4,7-10,13-14H2,(H2,24,26). The first-order valence-electron chi connectivity index (χ1n) is 9.72. The van der Waals surface area contributed by atoms with E-state index in [0.717, 1.165) is 34.9 Å². The molecule has 1 heterocycles. The maximum atomic E-state index is 13.0. The second-order valence-electron chi connectivity index (χ2n) is 7.43. The fourth-order valence-corrected chi connectivity index (χ4v) is 3.90. The van der Waals surface area contributed by atoms with Crippen LogP contribution >= 0.6 is 0 Å². The van der Waals surface area contributed by atoms with Gasteiger partial charge in [-0.3, -0.25) is 9.59 Å². The molecule has 1 aliphatic rings. The number of rotatable bonds is 7. The minimum absolute atomic E-state index is 0.0340. The number of carbonyl (C=O) groups is 2. The summed E-state index contributed by atoms with van der Waals surface area (Å²) in [5.74, 6) is -0.441. The zero-order valence-electron chi connectivity index (χ0n) is 15.8. The predicted octanol–water partition coefficient (Wildman–Crippen LogP) is 3.37. The highest BCUT2D eigenvalue weighted by Crippen LogP contribution is 2.30. The van der Waals surface area contributed by atoms with Crippen molar-refractivity contribution in [2.24, 2.45) is 5.73 Å². The number of hydrogen-bond donors (Lipinski definition) is 1. The molecule has 0 fully saturated rings. The zero-order valence-corrected chi connectivity index (χ0v) is 15.8. The smallest absolute Gasteiger partial charge is 0.227 e. The Morgan fingerprint density at radius 2 is 1.82 bits per heavy atom. The van der Waals surface area contributed by atoms with Crippen LogP contribution in [0.3, 0.4) is 0 Å². The molecule has 5 heteroatoms. The molecule has 0 atom stereocenters. The van der Waals surface area contributed by atoms with E-state index in [9.17, 15) is 9.59 Å². The van der Waals surface area contributed by atoms with Crippen LogP contribution in [0.2, 0.25) is 0 Å². The topological polar surface area (TPSA) is 76.5 Å². The second kappa shape index (κ2) is 7.89. The Balaban J connectivity index is 1.55. The van der Waals surface area contributed by atoms with Crippen molar-refractivity contribution in [2.75, 3.05) is 6.54 Å². The third-order valence-electron chi connectivity index (χ3n) is 5.41. The third-order valence-corrected chi connectivity index (χ3v) is 5.41. The Labute approximate surface area is 164 Å². The fourth-order valence-electron chi connectivity index (χ4n) is 3.90. The lowest BCUT2D eigenvalue weighted by Gasteiger charge is -2.22. The molecule has 2 N–H and O–H groups in total. The first-order valence-corrected chi connectivity index (χ1v) is 9.72. The third kappa shape index (κ3) is 3.93. The van der Waals surface area contributed by atoms with E-state index < -0.39 is 5.91 Å². The van der Waals surface area contributed by atoms with Crippen LogP contribution in [-0.2, 0) is 35.4 Å². The quantitative estimate of drug-likeness (QED) is 0.687. The van der Waals surface area contributed by atoms with E-state index in [1.165, 1.54) is 17.5 Å². The molecule has 4 rings (SSSR count). The molecule has 28 heavy (non-hydrogen) atoms. The summed E-state index contributed by atoms with van der Waals surface area (Å²) in [5.41, 5.74) is 10.8. The van der Waals surface area contributed by atoms with Gasteiger partial charge in [0.05, 0.1) is 12.7 Å². The number of aryl methyl sites for hydroxylation is 2. The van der Waals surface area contributed by atoms with Gasteiger partial charge in [-0.25, -0.2) is 0 Å². The summed E-state index contributed by atoms with van der Waals surface area (Å²) < 4.78 is 5.73. The van der Waals surface area contributed by atoms with Crippen molar-refractivity contribution in [1.82, 2.24) is 4.90 Å². The number of carbonyl (C=O) groups excluding carboxylic acids is 2. The Hall–Kier alpha value is -3.08. The van der Waals surface area contributed by atoms with Gasteiger partial charge in [-0.15, -0.1) is 0 Å². The van der Waals surface area contributed by atoms with E-state index >= 15 is 0 Å². The highest BCUT2D eigenvalue weighted by atomic mass is 16.3. The van der Waals surface area contributed by atoms with Gasteiger partial charge < -0.3 is 15.1 Å². The van der Waals surface area contributed by atoms with E-state index in [-0.39, 0.29) is 18.7 Å². The minimum atomic E-state index is -0.407. The number of nitrogens with two attached hydrogens (primary N) is 1. The van der Waals surface area contributed by atoms with Crippen molar-refractivity contribution in [3.63, 3.8) is 0 Å². The number of amides is 2. The number of fused-ring (bicyclic) bond motifs is 2. The van der Waals surface area contributed by atoms with E-state index in [2.05, 4.69) is 12.1 Å². The lowest BCUT2D eigenvalue weighted by molar-refractivity contribution is -0.131. The molecule has 5 nitrogen and oxygen atoms in total. The van der Waals surface area contributed by atoms with Gasteiger partial charge in [-0.1, -0.05) is 30.3 Å². The Morgan fingerprint density at radius 1 is 1.07 bits per heavy atom. The average Bonchev–Trinajstić information content (AvgIpc) is 3.30. The lowest BCUT2D eigenvalue weighted by atomic mass is 10.0. The molecule has 144 valence electrons. The van der Waals surface area contributed by atoms with Crippen LogP contribution in [0.15, 0.2) is 53.1 Å². The fraction of sp³-hybridized carbons (Fsp3) is 0.304. The van der Waals surface area contributed by atoms with Crippen LogP contribution in [0.5, 0.6) is 0 Å². The van der Waals surface area contributed by atoms with Crippen LogP contribution in [0.1, 0.15) is 35.1 Å². The first kappa shape index (κ1) is 18.3. The van der Waals surface area contributed by atoms with E-state index in [1.54, 1.807) is 11.2 Å². The lowest BCUT2D eigenvalue weighted by Crippen LogP contribution is -2.34. The van der Waals surface area contributed by atoms with Gasteiger partial charge in [0.25, 0.3) is 0 Å².